The maximum absolute atomic E-state index is 13.7. The number of nitrogens with zero attached hydrogens (tertiary/aromatic N) is 2. The van der Waals surface area contributed by atoms with Crippen LogP contribution >= 0.6 is 0 Å². The SMILES string of the molecule is COc1ccc(-c2noc(CNc3ccc(F)c(NC(C)=O)c3)n2)c(OC)c1. The van der Waals surface area contributed by atoms with Crippen molar-refractivity contribution in [3.05, 3.63) is 48.1 Å². The highest BCUT2D eigenvalue weighted by molar-refractivity contribution is 5.89. The third-order valence-corrected chi connectivity index (χ3v) is 3.84. The van der Waals surface area contributed by atoms with E-state index in [0.29, 0.717) is 34.5 Å². The molecule has 3 aromatic rings. The minimum atomic E-state index is -0.521. The van der Waals surface area contributed by atoms with E-state index in [2.05, 4.69) is 20.8 Å². The fraction of sp³-hybridized carbons (Fsp3) is 0.211. The first-order valence-corrected chi connectivity index (χ1v) is 8.36. The minimum Gasteiger partial charge on any atom is -0.497 e. The fourth-order valence-corrected chi connectivity index (χ4v) is 2.52. The summed E-state index contributed by atoms with van der Waals surface area (Å²) in [5.41, 5.74) is 1.34. The van der Waals surface area contributed by atoms with Crippen molar-refractivity contribution in [2.45, 2.75) is 13.5 Å². The Morgan fingerprint density at radius 3 is 2.71 bits per heavy atom. The number of aromatic nitrogens is 2. The standard InChI is InChI=1S/C19H19FN4O4/c1-11(25)22-16-8-12(4-7-15(16)20)21-10-18-23-19(24-28-18)14-6-5-13(26-2)9-17(14)27-3/h4-9,21H,10H2,1-3H3,(H,22,25). The smallest absolute Gasteiger partial charge is 0.246 e. The Hall–Kier alpha value is -3.62. The van der Waals surface area contributed by atoms with Gasteiger partial charge in [-0.2, -0.15) is 4.98 Å². The highest BCUT2D eigenvalue weighted by Crippen LogP contribution is 2.31. The molecule has 8 nitrogen and oxygen atoms in total. The van der Waals surface area contributed by atoms with Gasteiger partial charge in [0, 0.05) is 18.7 Å². The van der Waals surface area contributed by atoms with Crippen LogP contribution in [0.5, 0.6) is 11.5 Å². The minimum absolute atomic E-state index is 0.0895. The molecule has 0 atom stereocenters. The van der Waals surface area contributed by atoms with Gasteiger partial charge in [0.15, 0.2) is 0 Å². The molecule has 146 valence electrons. The maximum Gasteiger partial charge on any atom is 0.246 e. The van der Waals surface area contributed by atoms with Crippen molar-refractivity contribution in [3.63, 3.8) is 0 Å². The summed E-state index contributed by atoms with van der Waals surface area (Å²) in [5, 5.41) is 9.45. The lowest BCUT2D eigenvalue weighted by atomic mass is 10.2. The van der Waals surface area contributed by atoms with Gasteiger partial charge in [-0.25, -0.2) is 4.39 Å². The molecule has 0 aliphatic heterocycles. The first-order chi connectivity index (χ1) is 13.5. The summed E-state index contributed by atoms with van der Waals surface area (Å²) < 4.78 is 29.5. The Morgan fingerprint density at radius 2 is 2.00 bits per heavy atom. The molecular weight excluding hydrogens is 367 g/mol. The summed E-state index contributed by atoms with van der Waals surface area (Å²) >= 11 is 0. The third-order valence-electron chi connectivity index (χ3n) is 3.84. The number of benzene rings is 2. The van der Waals surface area contributed by atoms with Crippen LogP contribution in [0.2, 0.25) is 0 Å². The van der Waals surface area contributed by atoms with Gasteiger partial charge in [-0.15, -0.1) is 0 Å². The summed E-state index contributed by atoms with van der Waals surface area (Å²) in [6.45, 7) is 1.53. The second-order valence-electron chi connectivity index (χ2n) is 5.81. The first kappa shape index (κ1) is 19.2. The van der Waals surface area contributed by atoms with Gasteiger partial charge in [0.1, 0.15) is 17.3 Å². The molecule has 3 rings (SSSR count). The second-order valence-corrected chi connectivity index (χ2v) is 5.81. The zero-order chi connectivity index (χ0) is 20.1. The van der Waals surface area contributed by atoms with Crippen LogP contribution in [0.4, 0.5) is 15.8 Å². The number of nitrogens with one attached hydrogen (secondary N) is 2. The van der Waals surface area contributed by atoms with Crippen molar-refractivity contribution in [3.8, 4) is 22.9 Å². The number of halogens is 1. The molecule has 2 N–H and O–H groups in total. The molecule has 1 amide bonds. The van der Waals surface area contributed by atoms with Gasteiger partial charge >= 0.3 is 0 Å². The summed E-state index contributed by atoms with van der Waals surface area (Å²) in [6.07, 6.45) is 0. The highest BCUT2D eigenvalue weighted by atomic mass is 19.1. The van der Waals surface area contributed by atoms with Gasteiger partial charge in [0.2, 0.25) is 17.6 Å². The van der Waals surface area contributed by atoms with Crippen LogP contribution in [0, 0.1) is 5.82 Å². The zero-order valence-corrected chi connectivity index (χ0v) is 15.6. The Balaban J connectivity index is 1.73. The quantitative estimate of drug-likeness (QED) is 0.641. The highest BCUT2D eigenvalue weighted by Gasteiger charge is 2.14. The molecule has 1 aromatic heterocycles. The molecule has 0 radical (unpaired) electrons. The lowest BCUT2D eigenvalue weighted by molar-refractivity contribution is -0.114. The van der Waals surface area contributed by atoms with Crippen molar-refractivity contribution in [1.29, 1.82) is 0 Å². The van der Waals surface area contributed by atoms with Crippen LogP contribution in [-0.2, 0) is 11.3 Å². The van der Waals surface area contributed by atoms with Gasteiger partial charge in [0.05, 0.1) is 32.0 Å². The molecule has 0 saturated carbocycles. The Labute approximate surface area is 160 Å². The van der Waals surface area contributed by atoms with Gasteiger partial charge in [0.25, 0.3) is 0 Å². The summed E-state index contributed by atoms with van der Waals surface area (Å²) in [6, 6.07) is 9.57. The summed E-state index contributed by atoms with van der Waals surface area (Å²) in [5.74, 6) is 1.03. The molecular formula is C19H19FN4O4. The topological polar surface area (TPSA) is 98.5 Å². The van der Waals surface area contributed by atoms with Crippen LogP contribution in [-0.4, -0.2) is 30.3 Å². The predicted octanol–water partition coefficient (Wildman–Crippen LogP) is 3.46. The molecule has 9 heteroatoms. The Bertz CT molecular complexity index is 990. The molecule has 1 heterocycles. The molecule has 28 heavy (non-hydrogen) atoms. The number of carbonyl (C=O) groups excluding carboxylic acids is 1. The molecule has 0 bridgehead atoms. The van der Waals surface area contributed by atoms with Crippen LogP contribution in [0.15, 0.2) is 40.9 Å². The average Bonchev–Trinajstić information content (AvgIpc) is 3.16. The largest absolute Gasteiger partial charge is 0.497 e. The normalized spacial score (nSPS) is 10.4. The van der Waals surface area contributed by atoms with Crippen molar-refractivity contribution >= 4 is 17.3 Å². The number of amides is 1. The molecule has 2 aromatic carbocycles. The third kappa shape index (κ3) is 4.37. The van der Waals surface area contributed by atoms with Crippen molar-refractivity contribution in [1.82, 2.24) is 10.1 Å². The molecule has 0 aliphatic rings. The molecule has 0 aliphatic carbocycles. The number of rotatable bonds is 7. The first-order valence-electron chi connectivity index (χ1n) is 8.36. The van der Waals surface area contributed by atoms with E-state index in [9.17, 15) is 9.18 Å². The van der Waals surface area contributed by atoms with Crippen molar-refractivity contribution in [2.75, 3.05) is 24.9 Å². The molecule has 0 saturated heterocycles. The summed E-state index contributed by atoms with van der Waals surface area (Å²) in [4.78, 5) is 15.5. The van der Waals surface area contributed by atoms with Crippen LogP contribution in [0.3, 0.4) is 0 Å². The summed E-state index contributed by atoms with van der Waals surface area (Å²) in [7, 11) is 3.11. The van der Waals surface area contributed by atoms with Crippen LogP contribution < -0.4 is 20.1 Å². The van der Waals surface area contributed by atoms with Gasteiger partial charge in [-0.1, -0.05) is 5.16 Å². The maximum atomic E-state index is 13.7. The lowest BCUT2D eigenvalue weighted by Crippen LogP contribution is -2.08. The zero-order valence-electron chi connectivity index (χ0n) is 15.6. The van der Waals surface area contributed by atoms with Crippen molar-refractivity contribution in [2.24, 2.45) is 0 Å². The van der Waals surface area contributed by atoms with Crippen molar-refractivity contribution < 1.29 is 23.2 Å². The van der Waals surface area contributed by atoms with Crippen LogP contribution in [0.25, 0.3) is 11.4 Å². The second kappa shape index (κ2) is 8.38. The number of carbonyl (C=O) groups is 1. The van der Waals surface area contributed by atoms with E-state index in [1.54, 1.807) is 38.5 Å². The molecule has 0 spiro atoms. The fourth-order valence-electron chi connectivity index (χ4n) is 2.52. The van der Waals surface area contributed by atoms with E-state index in [1.807, 2.05) is 0 Å². The Morgan fingerprint density at radius 1 is 1.18 bits per heavy atom. The number of methoxy groups -OCH3 is 2. The van der Waals surface area contributed by atoms with E-state index in [4.69, 9.17) is 14.0 Å². The van der Waals surface area contributed by atoms with Gasteiger partial charge in [-0.05, 0) is 30.3 Å². The van der Waals surface area contributed by atoms with Gasteiger partial charge in [-0.3, -0.25) is 4.79 Å². The monoisotopic (exact) mass is 386 g/mol. The van der Waals surface area contributed by atoms with E-state index < -0.39 is 5.82 Å². The number of hydrogen-bond acceptors (Lipinski definition) is 7. The predicted molar refractivity (Wildman–Crippen MR) is 101 cm³/mol. The number of ether oxygens (including phenoxy) is 2. The lowest BCUT2D eigenvalue weighted by Gasteiger charge is -2.08. The van der Waals surface area contributed by atoms with Gasteiger partial charge < -0.3 is 24.6 Å². The van der Waals surface area contributed by atoms with E-state index in [1.165, 1.54) is 19.1 Å². The average molecular weight is 386 g/mol. The van der Waals surface area contributed by atoms with Crippen LogP contribution in [0.1, 0.15) is 12.8 Å². The van der Waals surface area contributed by atoms with E-state index >= 15 is 0 Å². The number of hydrogen-bond donors (Lipinski definition) is 2. The Kier molecular flexibility index (Phi) is 5.73. The van der Waals surface area contributed by atoms with E-state index in [0.717, 1.165) is 0 Å². The van der Waals surface area contributed by atoms with E-state index in [-0.39, 0.29) is 18.1 Å². The molecule has 0 unspecified atom stereocenters. The molecule has 0 fully saturated rings. The number of anilines is 2.